The molecule has 86 valence electrons. The molecular weight excluding hydrogens is 207 g/mol. The van der Waals surface area contributed by atoms with E-state index >= 15 is 0 Å². The van der Waals surface area contributed by atoms with Crippen molar-refractivity contribution in [2.24, 2.45) is 0 Å². The van der Waals surface area contributed by atoms with E-state index in [2.05, 4.69) is 17.6 Å². The van der Waals surface area contributed by atoms with E-state index in [9.17, 15) is 9.18 Å². The number of anilines is 2. The summed E-state index contributed by atoms with van der Waals surface area (Å²) in [5.74, 6) is -0.417. The van der Waals surface area contributed by atoms with Crippen molar-refractivity contribution in [3.05, 3.63) is 24.0 Å². The quantitative estimate of drug-likeness (QED) is 0.825. The lowest BCUT2D eigenvalue weighted by Crippen LogP contribution is -2.38. The largest absolute Gasteiger partial charge is 0.372 e. The minimum absolute atomic E-state index is 0.0773. The molecule has 0 saturated heterocycles. The zero-order valence-electron chi connectivity index (χ0n) is 9.22. The van der Waals surface area contributed by atoms with Crippen molar-refractivity contribution in [1.29, 1.82) is 0 Å². The third-order valence-electron chi connectivity index (χ3n) is 2.73. The van der Waals surface area contributed by atoms with Gasteiger partial charge in [-0.3, -0.25) is 4.79 Å². The lowest BCUT2D eigenvalue weighted by molar-refractivity contribution is -0.117. The monoisotopic (exact) mass is 222 g/mol. The van der Waals surface area contributed by atoms with Gasteiger partial charge < -0.3 is 10.6 Å². The highest BCUT2D eigenvalue weighted by molar-refractivity contribution is 6.02. The van der Waals surface area contributed by atoms with Crippen LogP contribution in [-0.4, -0.2) is 11.9 Å². The Bertz CT molecular complexity index is 406. The smallest absolute Gasteiger partial charge is 0.246 e. The zero-order valence-corrected chi connectivity index (χ0v) is 9.22. The summed E-state index contributed by atoms with van der Waals surface area (Å²) in [6.07, 6.45) is 2.86. The molecule has 1 heterocycles. The number of halogens is 1. The van der Waals surface area contributed by atoms with Crippen LogP contribution in [0.25, 0.3) is 0 Å². The molecule has 1 aromatic rings. The normalized spacial score (nSPS) is 18.6. The summed E-state index contributed by atoms with van der Waals surface area (Å²) in [7, 11) is 0. The highest BCUT2D eigenvalue weighted by Crippen LogP contribution is 2.28. The molecule has 0 saturated carbocycles. The van der Waals surface area contributed by atoms with Crippen LogP contribution in [-0.2, 0) is 4.79 Å². The van der Waals surface area contributed by atoms with E-state index in [1.54, 1.807) is 6.07 Å². The summed E-state index contributed by atoms with van der Waals surface area (Å²) >= 11 is 0. The SMILES string of the molecule is CCCCC1Nc2ccc(F)cc2NC1=O. The van der Waals surface area contributed by atoms with Gasteiger partial charge in [0.2, 0.25) is 5.91 Å². The van der Waals surface area contributed by atoms with Gasteiger partial charge >= 0.3 is 0 Å². The Morgan fingerprint density at radius 3 is 2.94 bits per heavy atom. The van der Waals surface area contributed by atoms with Crippen molar-refractivity contribution in [3.63, 3.8) is 0 Å². The Labute approximate surface area is 94.0 Å². The predicted octanol–water partition coefficient (Wildman–Crippen LogP) is 2.75. The molecule has 1 amide bonds. The number of rotatable bonds is 3. The fourth-order valence-electron chi connectivity index (χ4n) is 1.83. The van der Waals surface area contributed by atoms with E-state index in [0.29, 0.717) is 5.69 Å². The average Bonchev–Trinajstić information content (AvgIpc) is 2.26. The number of carbonyl (C=O) groups excluding carboxylic acids is 1. The third kappa shape index (κ3) is 2.15. The molecule has 2 N–H and O–H groups in total. The van der Waals surface area contributed by atoms with Crippen LogP contribution in [0.3, 0.4) is 0 Å². The van der Waals surface area contributed by atoms with Crippen molar-refractivity contribution in [3.8, 4) is 0 Å². The molecule has 2 rings (SSSR count). The Kier molecular flexibility index (Phi) is 3.08. The topological polar surface area (TPSA) is 41.1 Å². The highest BCUT2D eigenvalue weighted by Gasteiger charge is 2.24. The average molecular weight is 222 g/mol. The number of hydrogen-bond donors (Lipinski definition) is 2. The molecule has 1 atom stereocenters. The molecule has 4 heteroatoms. The van der Waals surface area contributed by atoms with E-state index in [0.717, 1.165) is 24.9 Å². The van der Waals surface area contributed by atoms with Gasteiger partial charge in [0.1, 0.15) is 11.9 Å². The van der Waals surface area contributed by atoms with Gasteiger partial charge in [0, 0.05) is 0 Å². The van der Waals surface area contributed by atoms with Gasteiger partial charge in [-0.25, -0.2) is 4.39 Å². The summed E-state index contributed by atoms with van der Waals surface area (Å²) in [5, 5.41) is 5.85. The van der Waals surface area contributed by atoms with Crippen LogP contribution in [0.4, 0.5) is 15.8 Å². The van der Waals surface area contributed by atoms with Crippen LogP contribution in [0.2, 0.25) is 0 Å². The number of unbranched alkanes of at least 4 members (excludes halogenated alkanes) is 1. The Hall–Kier alpha value is -1.58. The summed E-state index contributed by atoms with van der Waals surface area (Å²) in [6.45, 7) is 2.09. The number of fused-ring (bicyclic) bond motifs is 1. The zero-order chi connectivity index (χ0) is 11.5. The molecule has 1 unspecified atom stereocenters. The van der Waals surface area contributed by atoms with Crippen molar-refractivity contribution >= 4 is 17.3 Å². The first-order chi connectivity index (χ1) is 7.70. The molecular formula is C12H15FN2O. The Morgan fingerprint density at radius 1 is 1.38 bits per heavy atom. The van der Waals surface area contributed by atoms with E-state index in [4.69, 9.17) is 0 Å². The first-order valence-electron chi connectivity index (χ1n) is 5.57. The number of carbonyl (C=O) groups is 1. The van der Waals surface area contributed by atoms with E-state index < -0.39 is 0 Å². The van der Waals surface area contributed by atoms with Gasteiger partial charge in [-0.15, -0.1) is 0 Å². The second kappa shape index (κ2) is 4.51. The van der Waals surface area contributed by atoms with Crippen LogP contribution < -0.4 is 10.6 Å². The van der Waals surface area contributed by atoms with Crippen molar-refractivity contribution < 1.29 is 9.18 Å². The minimum Gasteiger partial charge on any atom is -0.372 e. The van der Waals surface area contributed by atoms with Gasteiger partial charge in [0.25, 0.3) is 0 Å². The molecule has 16 heavy (non-hydrogen) atoms. The molecule has 0 spiro atoms. The summed E-state index contributed by atoms with van der Waals surface area (Å²) in [5.41, 5.74) is 1.32. The molecule has 0 aromatic heterocycles. The lowest BCUT2D eigenvalue weighted by Gasteiger charge is -2.26. The van der Waals surface area contributed by atoms with Crippen molar-refractivity contribution in [2.45, 2.75) is 32.2 Å². The van der Waals surface area contributed by atoms with Gasteiger partial charge in [0.15, 0.2) is 0 Å². The molecule has 1 aliphatic heterocycles. The maximum Gasteiger partial charge on any atom is 0.246 e. The summed E-state index contributed by atoms with van der Waals surface area (Å²) in [6, 6.07) is 4.18. The molecule has 3 nitrogen and oxygen atoms in total. The van der Waals surface area contributed by atoms with Gasteiger partial charge in [-0.2, -0.15) is 0 Å². The van der Waals surface area contributed by atoms with Crippen molar-refractivity contribution in [2.75, 3.05) is 10.6 Å². The maximum atomic E-state index is 12.9. The van der Waals surface area contributed by atoms with Crippen LogP contribution in [0, 0.1) is 5.82 Å². The number of nitrogens with one attached hydrogen (secondary N) is 2. The van der Waals surface area contributed by atoms with Crippen LogP contribution in [0.5, 0.6) is 0 Å². The van der Waals surface area contributed by atoms with Crippen LogP contribution in [0.1, 0.15) is 26.2 Å². The highest BCUT2D eigenvalue weighted by atomic mass is 19.1. The van der Waals surface area contributed by atoms with E-state index in [1.165, 1.54) is 12.1 Å². The molecule has 1 aliphatic rings. The first-order valence-corrected chi connectivity index (χ1v) is 5.57. The number of benzene rings is 1. The van der Waals surface area contributed by atoms with Gasteiger partial charge in [-0.1, -0.05) is 19.8 Å². The minimum atomic E-state index is -0.340. The van der Waals surface area contributed by atoms with Crippen LogP contribution >= 0.6 is 0 Å². The standard InChI is InChI=1S/C12H15FN2O/c1-2-3-4-10-12(16)15-11-7-8(13)5-6-9(11)14-10/h5-7,10,14H,2-4H2,1H3,(H,15,16). The predicted molar refractivity (Wildman–Crippen MR) is 62.0 cm³/mol. The summed E-state index contributed by atoms with van der Waals surface area (Å²) < 4.78 is 12.9. The Morgan fingerprint density at radius 2 is 2.19 bits per heavy atom. The van der Waals surface area contributed by atoms with Gasteiger partial charge in [-0.05, 0) is 24.6 Å². The Balaban J connectivity index is 2.15. The fourth-order valence-corrected chi connectivity index (χ4v) is 1.83. The molecule has 0 bridgehead atoms. The van der Waals surface area contributed by atoms with Crippen molar-refractivity contribution in [1.82, 2.24) is 0 Å². The second-order valence-electron chi connectivity index (χ2n) is 4.02. The number of amides is 1. The van der Waals surface area contributed by atoms with Gasteiger partial charge in [0.05, 0.1) is 11.4 Å². The summed E-state index contributed by atoms with van der Waals surface area (Å²) in [4.78, 5) is 11.7. The lowest BCUT2D eigenvalue weighted by atomic mass is 10.1. The fraction of sp³-hybridized carbons (Fsp3) is 0.417. The molecule has 0 aliphatic carbocycles. The number of hydrogen-bond acceptors (Lipinski definition) is 2. The first kappa shape index (κ1) is 10.9. The maximum absolute atomic E-state index is 12.9. The molecule has 1 aromatic carbocycles. The van der Waals surface area contributed by atoms with E-state index in [-0.39, 0.29) is 17.8 Å². The second-order valence-corrected chi connectivity index (χ2v) is 4.02. The van der Waals surface area contributed by atoms with Crippen LogP contribution in [0.15, 0.2) is 18.2 Å². The molecule has 0 fully saturated rings. The third-order valence-corrected chi connectivity index (χ3v) is 2.73. The van der Waals surface area contributed by atoms with E-state index in [1.807, 2.05) is 0 Å². The molecule has 0 radical (unpaired) electrons.